The van der Waals surface area contributed by atoms with E-state index >= 15 is 0 Å². The van der Waals surface area contributed by atoms with E-state index in [-0.39, 0.29) is 18.1 Å². The second kappa shape index (κ2) is 7.42. The highest BCUT2D eigenvalue weighted by Gasteiger charge is 2.17. The first-order chi connectivity index (χ1) is 11.2. The molecule has 2 atom stereocenters. The van der Waals surface area contributed by atoms with Crippen LogP contribution in [0.5, 0.6) is 0 Å². The first-order valence-corrected chi connectivity index (χ1v) is 8.24. The summed E-state index contributed by atoms with van der Waals surface area (Å²) in [5, 5.41) is 7.33. The Hall–Kier alpha value is -2.14. The number of ether oxygens (including phenoxy) is 1. The lowest BCUT2D eigenvalue weighted by molar-refractivity contribution is -0.116. The summed E-state index contributed by atoms with van der Waals surface area (Å²) in [6.45, 7) is 2.92. The molecule has 122 valence electrons. The SMILES string of the molecule is C[C@H](c1ccccc1)n1ccc(NC(=O)CC[C@@H]2CCCO2)n1. The molecular formula is C18H23N3O2. The number of hydrogen-bond donors (Lipinski definition) is 1. The van der Waals surface area contributed by atoms with Crippen molar-refractivity contribution < 1.29 is 9.53 Å². The Labute approximate surface area is 136 Å². The highest BCUT2D eigenvalue weighted by atomic mass is 16.5. The lowest BCUT2D eigenvalue weighted by Crippen LogP contribution is -2.16. The van der Waals surface area contributed by atoms with Crippen molar-refractivity contribution in [2.24, 2.45) is 0 Å². The third-order valence-corrected chi connectivity index (χ3v) is 4.27. The van der Waals surface area contributed by atoms with Crippen LogP contribution in [0.15, 0.2) is 42.6 Å². The average molecular weight is 313 g/mol. The van der Waals surface area contributed by atoms with E-state index in [4.69, 9.17) is 4.74 Å². The van der Waals surface area contributed by atoms with Gasteiger partial charge in [0.2, 0.25) is 5.91 Å². The fraction of sp³-hybridized carbons (Fsp3) is 0.444. The molecule has 1 aliphatic heterocycles. The molecule has 0 aliphatic carbocycles. The van der Waals surface area contributed by atoms with Crippen LogP contribution in [-0.2, 0) is 9.53 Å². The number of nitrogens with zero attached hydrogens (tertiary/aromatic N) is 2. The number of nitrogens with one attached hydrogen (secondary N) is 1. The predicted octanol–water partition coefficient (Wildman–Crippen LogP) is 3.39. The van der Waals surface area contributed by atoms with Crippen LogP contribution in [0.2, 0.25) is 0 Å². The molecule has 1 saturated heterocycles. The monoisotopic (exact) mass is 313 g/mol. The number of benzene rings is 1. The number of amides is 1. The van der Waals surface area contributed by atoms with Crippen LogP contribution in [0.25, 0.3) is 0 Å². The standard InChI is InChI=1S/C18H23N3O2/c1-14(15-6-3-2-4-7-15)21-12-11-17(20-21)19-18(22)10-9-16-8-5-13-23-16/h2-4,6-7,11-12,14,16H,5,8-10,13H2,1H3,(H,19,20,22)/t14-,16+/m1/s1. The summed E-state index contributed by atoms with van der Waals surface area (Å²) in [7, 11) is 0. The Balaban J connectivity index is 1.53. The molecule has 0 saturated carbocycles. The van der Waals surface area contributed by atoms with Crippen LogP contribution in [0.3, 0.4) is 0 Å². The van der Waals surface area contributed by atoms with Crippen LogP contribution in [-0.4, -0.2) is 28.4 Å². The van der Waals surface area contributed by atoms with Gasteiger partial charge in [0.25, 0.3) is 0 Å². The smallest absolute Gasteiger partial charge is 0.225 e. The first-order valence-electron chi connectivity index (χ1n) is 8.24. The molecule has 0 bridgehead atoms. The molecule has 5 nitrogen and oxygen atoms in total. The van der Waals surface area contributed by atoms with Gasteiger partial charge in [-0.1, -0.05) is 30.3 Å². The largest absolute Gasteiger partial charge is 0.378 e. The molecule has 2 aromatic rings. The molecule has 2 heterocycles. The molecule has 0 spiro atoms. The second-order valence-corrected chi connectivity index (χ2v) is 5.99. The van der Waals surface area contributed by atoms with Gasteiger partial charge in [-0.25, -0.2) is 0 Å². The van der Waals surface area contributed by atoms with Crippen LogP contribution in [0, 0.1) is 0 Å². The Morgan fingerprint density at radius 3 is 2.96 bits per heavy atom. The number of carbonyl (C=O) groups is 1. The van der Waals surface area contributed by atoms with Crippen LogP contribution in [0.4, 0.5) is 5.82 Å². The molecule has 5 heteroatoms. The van der Waals surface area contributed by atoms with Crippen molar-refractivity contribution in [3.63, 3.8) is 0 Å². The van der Waals surface area contributed by atoms with Gasteiger partial charge in [-0.15, -0.1) is 0 Å². The molecule has 1 aromatic carbocycles. The zero-order valence-corrected chi connectivity index (χ0v) is 13.4. The summed E-state index contributed by atoms with van der Waals surface area (Å²) in [5.74, 6) is 0.600. The van der Waals surface area contributed by atoms with Gasteiger partial charge in [-0.2, -0.15) is 5.10 Å². The highest BCUT2D eigenvalue weighted by molar-refractivity contribution is 5.89. The van der Waals surface area contributed by atoms with Crippen molar-refractivity contribution in [1.82, 2.24) is 9.78 Å². The number of anilines is 1. The minimum Gasteiger partial charge on any atom is -0.378 e. The van der Waals surface area contributed by atoms with Gasteiger partial charge in [0.1, 0.15) is 0 Å². The summed E-state index contributed by atoms with van der Waals surface area (Å²) in [4.78, 5) is 12.0. The fourth-order valence-corrected chi connectivity index (χ4v) is 2.87. The van der Waals surface area contributed by atoms with Gasteiger partial charge in [0.15, 0.2) is 5.82 Å². The van der Waals surface area contributed by atoms with Crippen LogP contribution in [0.1, 0.15) is 44.2 Å². The molecule has 1 aromatic heterocycles. The Kier molecular flexibility index (Phi) is 5.08. The minimum absolute atomic E-state index is 0.00175. The van der Waals surface area contributed by atoms with E-state index in [0.717, 1.165) is 25.9 Å². The van der Waals surface area contributed by atoms with Gasteiger partial charge in [0.05, 0.1) is 12.1 Å². The van der Waals surface area contributed by atoms with Gasteiger partial charge >= 0.3 is 0 Å². The molecule has 23 heavy (non-hydrogen) atoms. The topological polar surface area (TPSA) is 56.2 Å². The summed E-state index contributed by atoms with van der Waals surface area (Å²) in [6.07, 6.45) is 5.58. The maximum absolute atomic E-state index is 12.0. The molecule has 3 rings (SSSR count). The number of aromatic nitrogens is 2. The van der Waals surface area contributed by atoms with Crippen molar-refractivity contribution in [3.8, 4) is 0 Å². The minimum atomic E-state index is -0.00175. The first kappa shape index (κ1) is 15.7. The molecular weight excluding hydrogens is 290 g/mol. The lowest BCUT2D eigenvalue weighted by atomic mass is 10.1. The maximum atomic E-state index is 12.0. The van der Waals surface area contributed by atoms with Gasteiger partial charge in [0, 0.05) is 25.3 Å². The molecule has 0 unspecified atom stereocenters. The van der Waals surface area contributed by atoms with E-state index in [1.807, 2.05) is 35.1 Å². The maximum Gasteiger partial charge on any atom is 0.225 e. The van der Waals surface area contributed by atoms with E-state index in [2.05, 4.69) is 29.5 Å². The normalized spacial score (nSPS) is 18.7. The number of hydrogen-bond acceptors (Lipinski definition) is 3. The van der Waals surface area contributed by atoms with Gasteiger partial charge < -0.3 is 10.1 Å². The van der Waals surface area contributed by atoms with Gasteiger partial charge in [-0.05, 0) is 31.7 Å². The molecule has 1 aliphatic rings. The quantitative estimate of drug-likeness (QED) is 0.889. The summed E-state index contributed by atoms with van der Waals surface area (Å²) in [5.41, 5.74) is 1.19. The molecule has 1 N–H and O–H groups in total. The summed E-state index contributed by atoms with van der Waals surface area (Å²) >= 11 is 0. The second-order valence-electron chi connectivity index (χ2n) is 5.99. The van der Waals surface area contributed by atoms with Crippen LogP contribution >= 0.6 is 0 Å². The van der Waals surface area contributed by atoms with E-state index in [0.29, 0.717) is 12.2 Å². The van der Waals surface area contributed by atoms with Gasteiger partial charge in [-0.3, -0.25) is 9.48 Å². The van der Waals surface area contributed by atoms with Crippen molar-refractivity contribution in [2.45, 2.75) is 44.8 Å². The molecule has 1 fully saturated rings. The Morgan fingerprint density at radius 1 is 1.39 bits per heavy atom. The predicted molar refractivity (Wildman–Crippen MR) is 89.3 cm³/mol. The zero-order chi connectivity index (χ0) is 16.1. The fourth-order valence-electron chi connectivity index (χ4n) is 2.87. The third kappa shape index (κ3) is 4.20. The Bertz CT molecular complexity index is 633. The van der Waals surface area contributed by atoms with E-state index in [1.165, 1.54) is 5.56 Å². The van der Waals surface area contributed by atoms with E-state index < -0.39 is 0 Å². The lowest BCUT2D eigenvalue weighted by Gasteiger charge is -2.12. The molecule has 1 amide bonds. The van der Waals surface area contributed by atoms with E-state index in [1.54, 1.807) is 0 Å². The zero-order valence-electron chi connectivity index (χ0n) is 13.4. The highest BCUT2D eigenvalue weighted by Crippen LogP contribution is 2.19. The van der Waals surface area contributed by atoms with Crippen molar-refractivity contribution in [2.75, 3.05) is 11.9 Å². The number of rotatable bonds is 6. The van der Waals surface area contributed by atoms with Crippen LogP contribution < -0.4 is 5.32 Å². The third-order valence-electron chi connectivity index (χ3n) is 4.27. The number of carbonyl (C=O) groups excluding carboxylic acids is 1. The summed E-state index contributed by atoms with van der Waals surface area (Å²) in [6, 6.07) is 12.2. The summed E-state index contributed by atoms with van der Waals surface area (Å²) < 4.78 is 7.40. The van der Waals surface area contributed by atoms with Crippen molar-refractivity contribution in [3.05, 3.63) is 48.2 Å². The molecule has 0 radical (unpaired) electrons. The Morgan fingerprint density at radius 2 is 2.22 bits per heavy atom. The average Bonchev–Trinajstić information content (AvgIpc) is 3.25. The van der Waals surface area contributed by atoms with Crippen molar-refractivity contribution >= 4 is 11.7 Å². The van der Waals surface area contributed by atoms with E-state index in [9.17, 15) is 4.79 Å². The van der Waals surface area contributed by atoms with Crippen molar-refractivity contribution in [1.29, 1.82) is 0 Å².